The second kappa shape index (κ2) is 6.62. The van der Waals surface area contributed by atoms with Gasteiger partial charge in [0, 0.05) is 23.9 Å². The first-order chi connectivity index (χ1) is 12.3. The van der Waals surface area contributed by atoms with Gasteiger partial charge in [-0.3, -0.25) is 9.48 Å². The smallest absolute Gasteiger partial charge is 0.262 e. The van der Waals surface area contributed by atoms with E-state index in [1.807, 2.05) is 0 Å². The molecule has 0 saturated heterocycles. The fraction of sp³-hybridized carbons (Fsp3) is 0.111. The molecule has 1 amide bonds. The van der Waals surface area contributed by atoms with Crippen LogP contribution < -0.4 is 5.32 Å². The zero-order valence-corrected chi connectivity index (χ0v) is 13.8. The number of carbonyl (C=O) groups excluding carboxylic acids is 1. The lowest BCUT2D eigenvalue weighted by atomic mass is 10.0. The van der Waals surface area contributed by atoms with Crippen molar-refractivity contribution in [2.24, 2.45) is 7.05 Å². The quantitative estimate of drug-likeness (QED) is 0.560. The van der Waals surface area contributed by atoms with Crippen molar-refractivity contribution in [3.05, 3.63) is 71.1 Å². The number of anilines is 1. The van der Waals surface area contributed by atoms with Crippen LogP contribution in [0.5, 0.6) is 0 Å². The minimum Gasteiger partial charge on any atom is -0.321 e. The Bertz CT molecular complexity index is 1010. The van der Waals surface area contributed by atoms with Gasteiger partial charge in [0.05, 0.1) is 5.69 Å². The molecule has 3 aromatic rings. The number of halogens is 4. The average molecular weight is 363 g/mol. The summed E-state index contributed by atoms with van der Waals surface area (Å²) < 4.78 is 55.9. The predicted molar refractivity (Wildman–Crippen MR) is 87.6 cm³/mol. The lowest BCUT2D eigenvalue weighted by Gasteiger charge is -2.12. The number of amides is 1. The molecule has 0 aliphatic rings. The predicted octanol–water partition coefficient (Wildman–Crippen LogP) is 4.20. The molecule has 0 spiro atoms. The van der Waals surface area contributed by atoms with Crippen LogP contribution in [0.15, 0.2) is 36.4 Å². The van der Waals surface area contributed by atoms with Gasteiger partial charge in [-0.2, -0.15) is 4.39 Å². The summed E-state index contributed by atoms with van der Waals surface area (Å²) >= 11 is 0. The first-order valence-electron chi connectivity index (χ1n) is 7.54. The van der Waals surface area contributed by atoms with Crippen LogP contribution in [0.25, 0.3) is 11.1 Å². The van der Waals surface area contributed by atoms with Gasteiger partial charge in [-0.15, -0.1) is 5.10 Å². The van der Waals surface area contributed by atoms with Crippen LogP contribution in [0.2, 0.25) is 0 Å². The van der Waals surface area contributed by atoms with Crippen LogP contribution in [-0.4, -0.2) is 15.7 Å². The summed E-state index contributed by atoms with van der Waals surface area (Å²) in [6.07, 6.45) is 0. The number of aromatic nitrogens is 2. The largest absolute Gasteiger partial charge is 0.321 e. The number of rotatable bonds is 3. The highest BCUT2D eigenvalue weighted by Gasteiger charge is 2.22. The van der Waals surface area contributed by atoms with Crippen molar-refractivity contribution in [2.45, 2.75) is 6.92 Å². The summed E-state index contributed by atoms with van der Waals surface area (Å²) in [7, 11) is 1.49. The summed E-state index contributed by atoms with van der Waals surface area (Å²) in [4.78, 5) is 12.4. The highest BCUT2D eigenvalue weighted by Crippen LogP contribution is 2.32. The Morgan fingerprint density at radius 3 is 2.35 bits per heavy atom. The molecule has 26 heavy (non-hydrogen) atoms. The first kappa shape index (κ1) is 17.7. The molecular weight excluding hydrogens is 350 g/mol. The fourth-order valence-electron chi connectivity index (χ4n) is 2.57. The number of carbonyl (C=O) groups is 1. The van der Waals surface area contributed by atoms with Gasteiger partial charge >= 0.3 is 0 Å². The number of benzene rings is 2. The lowest BCUT2D eigenvalue weighted by molar-refractivity contribution is 0.102. The van der Waals surface area contributed by atoms with Gasteiger partial charge in [0.2, 0.25) is 5.95 Å². The van der Waals surface area contributed by atoms with E-state index < -0.39 is 29.3 Å². The third-order valence-corrected chi connectivity index (χ3v) is 4.02. The molecule has 0 fully saturated rings. The number of aryl methyl sites for hydroxylation is 1. The molecule has 0 aliphatic heterocycles. The van der Waals surface area contributed by atoms with E-state index in [0.29, 0.717) is 5.69 Å². The summed E-state index contributed by atoms with van der Waals surface area (Å²) in [5.74, 6) is -6.04. The molecule has 4 nitrogen and oxygen atoms in total. The standard InChI is InChI=1S/C18H13F4N3O/c1-9-14(17(22)24-25(9)2)18(26)23-13-6-4-3-5-10(13)11-7-8-12(19)16(21)15(11)20/h3-8H,1-2H3,(H,23,26). The Balaban J connectivity index is 2.04. The maximum atomic E-state index is 14.1. The van der Waals surface area contributed by atoms with Crippen molar-refractivity contribution in [1.29, 1.82) is 0 Å². The van der Waals surface area contributed by atoms with Crippen molar-refractivity contribution in [1.82, 2.24) is 9.78 Å². The molecule has 8 heteroatoms. The zero-order valence-electron chi connectivity index (χ0n) is 13.8. The van der Waals surface area contributed by atoms with Crippen molar-refractivity contribution in [3.63, 3.8) is 0 Å². The third-order valence-electron chi connectivity index (χ3n) is 4.02. The van der Waals surface area contributed by atoms with E-state index in [1.165, 1.54) is 30.8 Å². The van der Waals surface area contributed by atoms with Gasteiger partial charge in [-0.1, -0.05) is 18.2 Å². The molecule has 0 unspecified atom stereocenters. The Kier molecular flexibility index (Phi) is 4.50. The van der Waals surface area contributed by atoms with Gasteiger partial charge < -0.3 is 5.32 Å². The van der Waals surface area contributed by atoms with Crippen LogP contribution >= 0.6 is 0 Å². The first-order valence-corrected chi connectivity index (χ1v) is 7.54. The van der Waals surface area contributed by atoms with Crippen LogP contribution in [0.3, 0.4) is 0 Å². The molecule has 2 aromatic carbocycles. The van der Waals surface area contributed by atoms with Crippen LogP contribution in [0.4, 0.5) is 23.2 Å². The molecule has 0 bridgehead atoms. The monoisotopic (exact) mass is 363 g/mol. The molecule has 134 valence electrons. The van der Waals surface area contributed by atoms with Gasteiger partial charge in [-0.05, 0) is 25.1 Å². The minimum absolute atomic E-state index is 0.116. The summed E-state index contributed by atoms with van der Waals surface area (Å²) in [5.41, 5.74) is 0.0528. The zero-order chi connectivity index (χ0) is 19.0. The highest BCUT2D eigenvalue weighted by molar-refractivity contribution is 6.07. The molecule has 0 atom stereocenters. The van der Waals surface area contributed by atoms with Gasteiger partial charge in [0.25, 0.3) is 5.91 Å². The summed E-state index contributed by atoms with van der Waals surface area (Å²) in [5, 5.41) is 5.99. The Morgan fingerprint density at radius 2 is 1.69 bits per heavy atom. The second-order valence-electron chi connectivity index (χ2n) is 5.60. The average Bonchev–Trinajstić information content (AvgIpc) is 2.86. The van der Waals surface area contributed by atoms with Crippen molar-refractivity contribution >= 4 is 11.6 Å². The maximum absolute atomic E-state index is 14.1. The molecule has 0 radical (unpaired) electrons. The lowest BCUT2D eigenvalue weighted by Crippen LogP contribution is -2.15. The number of nitrogens with one attached hydrogen (secondary N) is 1. The van der Waals surface area contributed by atoms with E-state index in [4.69, 9.17) is 0 Å². The third kappa shape index (κ3) is 2.94. The van der Waals surface area contributed by atoms with Crippen LogP contribution in [-0.2, 0) is 7.05 Å². The summed E-state index contributed by atoms with van der Waals surface area (Å²) in [6, 6.07) is 7.83. The van der Waals surface area contributed by atoms with E-state index in [0.717, 1.165) is 12.1 Å². The molecule has 0 aliphatic carbocycles. The Hall–Kier alpha value is -3.16. The number of nitrogens with zero attached hydrogens (tertiary/aromatic N) is 2. The molecule has 3 rings (SSSR count). The van der Waals surface area contributed by atoms with E-state index in [2.05, 4.69) is 10.4 Å². The van der Waals surface area contributed by atoms with Gasteiger partial charge in [0.1, 0.15) is 5.56 Å². The molecule has 1 aromatic heterocycles. The highest BCUT2D eigenvalue weighted by atomic mass is 19.2. The second-order valence-corrected chi connectivity index (χ2v) is 5.60. The van der Waals surface area contributed by atoms with E-state index in [-0.39, 0.29) is 22.4 Å². The van der Waals surface area contributed by atoms with Crippen molar-refractivity contribution in [3.8, 4) is 11.1 Å². The van der Waals surface area contributed by atoms with E-state index >= 15 is 0 Å². The topological polar surface area (TPSA) is 46.9 Å². The van der Waals surface area contributed by atoms with Crippen LogP contribution in [0.1, 0.15) is 16.1 Å². The number of hydrogen-bond acceptors (Lipinski definition) is 2. The minimum atomic E-state index is -1.61. The molecule has 1 heterocycles. The van der Waals surface area contributed by atoms with Gasteiger partial charge in [-0.25, -0.2) is 13.2 Å². The SMILES string of the molecule is Cc1c(C(=O)Nc2ccccc2-c2ccc(F)c(F)c2F)c(F)nn1C. The normalized spacial score (nSPS) is 10.8. The van der Waals surface area contributed by atoms with Crippen molar-refractivity contribution < 1.29 is 22.4 Å². The van der Waals surface area contributed by atoms with Crippen LogP contribution in [0, 0.1) is 30.3 Å². The number of hydrogen-bond donors (Lipinski definition) is 1. The van der Waals surface area contributed by atoms with Gasteiger partial charge in [0.15, 0.2) is 17.5 Å². The maximum Gasteiger partial charge on any atom is 0.262 e. The van der Waals surface area contributed by atoms with E-state index in [1.54, 1.807) is 12.1 Å². The summed E-state index contributed by atoms with van der Waals surface area (Å²) in [6.45, 7) is 1.52. The Morgan fingerprint density at radius 1 is 1.00 bits per heavy atom. The Labute approximate surface area is 146 Å². The van der Waals surface area contributed by atoms with E-state index in [9.17, 15) is 22.4 Å². The fourth-order valence-corrected chi connectivity index (χ4v) is 2.57. The molecular formula is C18H13F4N3O. The number of para-hydroxylation sites is 1. The molecule has 0 saturated carbocycles. The van der Waals surface area contributed by atoms with Crippen molar-refractivity contribution in [2.75, 3.05) is 5.32 Å². The molecule has 1 N–H and O–H groups in total.